The van der Waals surface area contributed by atoms with Gasteiger partial charge in [-0.05, 0) is 62.3 Å². The van der Waals surface area contributed by atoms with E-state index in [9.17, 15) is 0 Å². The van der Waals surface area contributed by atoms with Crippen molar-refractivity contribution in [2.45, 2.75) is 45.1 Å². The van der Waals surface area contributed by atoms with Crippen molar-refractivity contribution in [3.63, 3.8) is 0 Å². The Morgan fingerprint density at radius 3 is 2.77 bits per heavy atom. The number of hydrogen-bond acceptors (Lipinski definition) is 1. The van der Waals surface area contributed by atoms with Gasteiger partial charge in [0.2, 0.25) is 0 Å². The number of hydrogen-bond donors (Lipinski definition) is 1. The van der Waals surface area contributed by atoms with Crippen LogP contribution in [0.4, 0.5) is 0 Å². The van der Waals surface area contributed by atoms with Crippen LogP contribution in [-0.4, -0.2) is 12.6 Å². The zero-order valence-corrected chi connectivity index (χ0v) is 8.63. The molecule has 5 atom stereocenters. The fourth-order valence-electron chi connectivity index (χ4n) is 4.24. The molecule has 0 aliphatic heterocycles. The van der Waals surface area contributed by atoms with Crippen LogP contribution in [0.3, 0.4) is 0 Å². The van der Waals surface area contributed by atoms with Crippen molar-refractivity contribution in [3.8, 4) is 0 Å². The molecule has 3 aliphatic rings. The standard InChI is InChI=1S/C12H21N/c1-2-5-13-11-7-10-8-3-4-9(6-8)12(10)11/h8-13H,2-7H2,1H3/t8?,9?,10-,11-,12+/m1/s1. The van der Waals surface area contributed by atoms with Crippen LogP contribution < -0.4 is 5.32 Å². The van der Waals surface area contributed by atoms with Crippen LogP contribution in [0.1, 0.15) is 39.0 Å². The van der Waals surface area contributed by atoms with E-state index < -0.39 is 0 Å². The third kappa shape index (κ3) is 1.09. The summed E-state index contributed by atoms with van der Waals surface area (Å²) >= 11 is 0. The Hall–Kier alpha value is -0.0400. The molecule has 1 nitrogen and oxygen atoms in total. The summed E-state index contributed by atoms with van der Waals surface area (Å²) in [6.45, 7) is 3.51. The van der Waals surface area contributed by atoms with Crippen LogP contribution in [0, 0.1) is 23.7 Å². The SMILES string of the molecule is CCCN[C@@H]1C[C@@H]2C3CCC(C3)[C@@H]21. The molecule has 0 heterocycles. The van der Waals surface area contributed by atoms with E-state index in [-0.39, 0.29) is 0 Å². The van der Waals surface area contributed by atoms with Gasteiger partial charge >= 0.3 is 0 Å². The molecule has 0 spiro atoms. The molecule has 3 saturated carbocycles. The van der Waals surface area contributed by atoms with Gasteiger partial charge in [0.05, 0.1) is 0 Å². The zero-order chi connectivity index (χ0) is 8.84. The number of nitrogens with one attached hydrogen (secondary N) is 1. The van der Waals surface area contributed by atoms with Gasteiger partial charge in [-0.3, -0.25) is 0 Å². The topological polar surface area (TPSA) is 12.0 Å². The Morgan fingerprint density at radius 1 is 1.15 bits per heavy atom. The maximum Gasteiger partial charge on any atom is 0.0104 e. The highest BCUT2D eigenvalue weighted by Crippen LogP contribution is 2.60. The Labute approximate surface area is 81.3 Å². The summed E-state index contributed by atoms with van der Waals surface area (Å²) in [5.74, 6) is 4.52. The molecule has 2 bridgehead atoms. The minimum absolute atomic E-state index is 0.917. The van der Waals surface area contributed by atoms with Gasteiger partial charge < -0.3 is 5.32 Å². The normalized spacial score (nSPS) is 51.9. The second-order valence-corrected chi connectivity index (χ2v) is 5.37. The van der Waals surface area contributed by atoms with Crippen LogP contribution in [-0.2, 0) is 0 Å². The lowest BCUT2D eigenvalue weighted by molar-refractivity contribution is 0.0500. The molecule has 0 saturated heterocycles. The lowest BCUT2D eigenvalue weighted by Gasteiger charge is -2.48. The predicted molar refractivity (Wildman–Crippen MR) is 54.5 cm³/mol. The van der Waals surface area contributed by atoms with E-state index in [2.05, 4.69) is 12.2 Å². The van der Waals surface area contributed by atoms with Crippen molar-refractivity contribution in [2.24, 2.45) is 23.7 Å². The van der Waals surface area contributed by atoms with Crippen LogP contribution in [0.15, 0.2) is 0 Å². The van der Waals surface area contributed by atoms with E-state index in [0.717, 1.165) is 29.7 Å². The molecule has 3 aliphatic carbocycles. The smallest absolute Gasteiger partial charge is 0.0104 e. The highest BCUT2D eigenvalue weighted by molar-refractivity contribution is 5.08. The summed E-state index contributed by atoms with van der Waals surface area (Å²) in [5.41, 5.74) is 0. The van der Waals surface area contributed by atoms with Gasteiger partial charge in [0.1, 0.15) is 0 Å². The maximum absolute atomic E-state index is 3.73. The highest BCUT2D eigenvalue weighted by Gasteiger charge is 2.56. The van der Waals surface area contributed by atoms with Crippen LogP contribution in [0.25, 0.3) is 0 Å². The predicted octanol–water partition coefficient (Wildman–Crippen LogP) is 2.42. The molecular formula is C12H21N. The summed E-state index contributed by atoms with van der Waals surface area (Å²) in [4.78, 5) is 0. The lowest BCUT2D eigenvalue weighted by atomic mass is 9.62. The van der Waals surface area contributed by atoms with Crippen LogP contribution >= 0.6 is 0 Å². The van der Waals surface area contributed by atoms with Crippen molar-refractivity contribution < 1.29 is 0 Å². The average molecular weight is 179 g/mol. The summed E-state index contributed by atoms with van der Waals surface area (Å²) in [5, 5.41) is 3.73. The molecule has 0 aromatic heterocycles. The molecule has 0 amide bonds. The first-order valence-electron chi connectivity index (χ1n) is 6.13. The van der Waals surface area contributed by atoms with Gasteiger partial charge in [0.25, 0.3) is 0 Å². The first-order chi connectivity index (χ1) is 6.40. The van der Waals surface area contributed by atoms with Crippen molar-refractivity contribution in [1.29, 1.82) is 0 Å². The highest BCUT2D eigenvalue weighted by atomic mass is 15.0. The first-order valence-corrected chi connectivity index (χ1v) is 6.13. The molecule has 3 rings (SSSR count). The molecule has 13 heavy (non-hydrogen) atoms. The van der Waals surface area contributed by atoms with E-state index in [1.54, 1.807) is 19.3 Å². The Balaban J connectivity index is 1.60. The van der Waals surface area contributed by atoms with Crippen molar-refractivity contribution in [3.05, 3.63) is 0 Å². The van der Waals surface area contributed by atoms with Crippen LogP contribution in [0.2, 0.25) is 0 Å². The zero-order valence-electron chi connectivity index (χ0n) is 8.63. The number of fused-ring (bicyclic) bond motifs is 5. The molecule has 1 heteroatoms. The maximum atomic E-state index is 3.73. The van der Waals surface area contributed by atoms with Gasteiger partial charge in [-0.1, -0.05) is 6.92 Å². The summed E-state index contributed by atoms with van der Waals surface area (Å²) in [7, 11) is 0. The van der Waals surface area contributed by atoms with E-state index in [1.807, 2.05) is 0 Å². The van der Waals surface area contributed by atoms with Crippen molar-refractivity contribution in [1.82, 2.24) is 5.32 Å². The molecule has 2 unspecified atom stereocenters. The fraction of sp³-hybridized carbons (Fsp3) is 1.00. The Morgan fingerprint density at radius 2 is 2.00 bits per heavy atom. The van der Waals surface area contributed by atoms with E-state index in [0.29, 0.717) is 0 Å². The minimum atomic E-state index is 0.917. The molecular weight excluding hydrogens is 158 g/mol. The third-order valence-corrected chi connectivity index (χ3v) is 4.81. The van der Waals surface area contributed by atoms with Crippen molar-refractivity contribution in [2.75, 3.05) is 6.54 Å². The second kappa shape index (κ2) is 2.98. The van der Waals surface area contributed by atoms with Gasteiger partial charge in [-0.25, -0.2) is 0 Å². The molecule has 3 fully saturated rings. The quantitative estimate of drug-likeness (QED) is 0.701. The van der Waals surface area contributed by atoms with Crippen molar-refractivity contribution >= 4 is 0 Å². The summed E-state index contributed by atoms with van der Waals surface area (Å²) in [6, 6.07) is 0.917. The van der Waals surface area contributed by atoms with Gasteiger partial charge in [0, 0.05) is 6.04 Å². The van der Waals surface area contributed by atoms with E-state index in [1.165, 1.54) is 19.4 Å². The average Bonchev–Trinajstić information content (AvgIpc) is 2.60. The molecule has 74 valence electrons. The van der Waals surface area contributed by atoms with Gasteiger partial charge in [-0.15, -0.1) is 0 Å². The van der Waals surface area contributed by atoms with E-state index in [4.69, 9.17) is 0 Å². The molecule has 0 radical (unpaired) electrons. The molecule has 0 aromatic rings. The largest absolute Gasteiger partial charge is 0.314 e. The monoisotopic (exact) mass is 179 g/mol. The Bertz CT molecular complexity index is 199. The van der Waals surface area contributed by atoms with Gasteiger partial charge in [-0.2, -0.15) is 0 Å². The minimum Gasteiger partial charge on any atom is -0.314 e. The van der Waals surface area contributed by atoms with Crippen LogP contribution in [0.5, 0.6) is 0 Å². The molecule has 0 aromatic carbocycles. The van der Waals surface area contributed by atoms with E-state index >= 15 is 0 Å². The summed E-state index contributed by atoms with van der Waals surface area (Å²) in [6.07, 6.45) is 7.50. The molecule has 1 N–H and O–H groups in total. The first kappa shape index (κ1) is 8.28. The summed E-state index contributed by atoms with van der Waals surface area (Å²) < 4.78 is 0. The lowest BCUT2D eigenvalue weighted by Crippen LogP contribution is -2.52. The number of rotatable bonds is 3. The Kier molecular flexibility index (Phi) is 1.90. The van der Waals surface area contributed by atoms with Gasteiger partial charge in [0.15, 0.2) is 0 Å². The third-order valence-electron chi connectivity index (χ3n) is 4.81. The fourth-order valence-corrected chi connectivity index (χ4v) is 4.24. The second-order valence-electron chi connectivity index (χ2n) is 5.37.